The van der Waals surface area contributed by atoms with Crippen LogP contribution in [0, 0.1) is 0 Å². The van der Waals surface area contributed by atoms with E-state index >= 15 is 0 Å². The summed E-state index contributed by atoms with van der Waals surface area (Å²) in [7, 11) is 0. The lowest BCUT2D eigenvalue weighted by atomic mass is 9.92. The average Bonchev–Trinajstić information content (AvgIpc) is 2.82. The van der Waals surface area contributed by atoms with Crippen LogP contribution in [0.2, 0.25) is 0 Å². The van der Waals surface area contributed by atoms with Crippen molar-refractivity contribution in [2.45, 2.75) is 25.6 Å². The second-order valence-corrected chi connectivity index (χ2v) is 8.54. The van der Waals surface area contributed by atoms with Gasteiger partial charge >= 0.3 is 6.09 Å². The Hall–Kier alpha value is -3.16. The highest BCUT2D eigenvalue weighted by atomic mass is 79.9. The first-order valence-electron chi connectivity index (χ1n) is 10.4. The van der Waals surface area contributed by atoms with Crippen molar-refractivity contribution < 1.29 is 14.3 Å². The molecule has 3 N–H and O–H groups in total. The second kappa shape index (κ2) is 9.97. The number of rotatable bonds is 5. The Balaban J connectivity index is 1.59. The van der Waals surface area contributed by atoms with Crippen LogP contribution in [0.5, 0.6) is 0 Å². The van der Waals surface area contributed by atoms with Gasteiger partial charge in [-0.25, -0.2) is 4.79 Å². The van der Waals surface area contributed by atoms with Crippen LogP contribution in [0.3, 0.4) is 0 Å². The van der Waals surface area contributed by atoms with E-state index in [9.17, 15) is 9.59 Å². The summed E-state index contributed by atoms with van der Waals surface area (Å²) in [6.07, 6.45) is 0.125. The molecule has 0 spiro atoms. The van der Waals surface area contributed by atoms with Crippen LogP contribution in [0.15, 0.2) is 77.3 Å². The number of carbonyl (C=O) groups excluding carboxylic acids is 2. The van der Waals surface area contributed by atoms with Gasteiger partial charge in [-0.3, -0.25) is 9.69 Å². The number of carbonyl (C=O) groups is 2. The summed E-state index contributed by atoms with van der Waals surface area (Å²) in [6, 6.07) is 21.8. The molecule has 0 unspecified atom stereocenters. The van der Waals surface area contributed by atoms with E-state index in [4.69, 9.17) is 10.5 Å². The molecule has 0 radical (unpaired) electrons. The Kier molecular flexibility index (Phi) is 6.87. The highest BCUT2D eigenvalue weighted by Gasteiger charge is 2.37. The van der Waals surface area contributed by atoms with Crippen molar-refractivity contribution in [3.63, 3.8) is 0 Å². The topological polar surface area (TPSA) is 84.7 Å². The van der Waals surface area contributed by atoms with E-state index in [0.29, 0.717) is 25.2 Å². The third-order valence-electron chi connectivity index (χ3n) is 5.45. The summed E-state index contributed by atoms with van der Waals surface area (Å²) >= 11 is 3.49. The summed E-state index contributed by atoms with van der Waals surface area (Å²) in [5.41, 5.74) is 9.99. The Morgan fingerprint density at radius 2 is 1.81 bits per heavy atom. The van der Waals surface area contributed by atoms with Gasteiger partial charge < -0.3 is 15.8 Å². The lowest BCUT2D eigenvalue weighted by molar-refractivity contribution is -0.121. The first-order chi connectivity index (χ1) is 15.5. The Bertz CT molecular complexity index is 1120. The molecule has 164 valence electrons. The van der Waals surface area contributed by atoms with Crippen LogP contribution in [-0.2, 0) is 29.1 Å². The lowest BCUT2D eigenvalue weighted by Crippen LogP contribution is -2.45. The van der Waals surface area contributed by atoms with Crippen molar-refractivity contribution in [3.8, 4) is 0 Å². The van der Waals surface area contributed by atoms with Gasteiger partial charge in [0.25, 0.3) is 5.91 Å². The molecule has 6 nitrogen and oxygen atoms in total. The van der Waals surface area contributed by atoms with E-state index in [2.05, 4.69) is 21.2 Å². The molecule has 3 aromatic carbocycles. The molecule has 7 heteroatoms. The number of nitrogens with zero attached hydrogens (tertiary/aromatic N) is 1. The number of ether oxygens (including phenoxy) is 1. The van der Waals surface area contributed by atoms with Crippen molar-refractivity contribution in [2.24, 2.45) is 5.73 Å². The highest BCUT2D eigenvalue weighted by Crippen LogP contribution is 2.33. The summed E-state index contributed by atoms with van der Waals surface area (Å²) < 4.78 is 6.49. The van der Waals surface area contributed by atoms with Crippen LogP contribution in [0.25, 0.3) is 0 Å². The smallest absolute Gasteiger partial charge is 0.411 e. The predicted molar refractivity (Wildman–Crippen MR) is 127 cm³/mol. The van der Waals surface area contributed by atoms with E-state index < -0.39 is 12.1 Å². The first-order valence-corrected chi connectivity index (χ1v) is 11.2. The predicted octanol–water partition coefficient (Wildman–Crippen LogP) is 4.78. The molecule has 0 aromatic heterocycles. The molecule has 0 saturated heterocycles. The average molecular weight is 494 g/mol. The Morgan fingerprint density at radius 1 is 1.03 bits per heavy atom. The number of benzene rings is 3. The normalized spacial score (nSPS) is 15.1. The number of hydrogen-bond acceptors (Lipinski definition) is 4. The zero-order chi connectivity index (χ0) is 22.5. The van der Waals surface area contributed by atoms with Gasteiger partial charge in [-0.05, 0) is 52.9 Å². The molecule has 4 rings (SSSR count). The SMILES string of the molecule is NCc1cccc(NC(=O)[C@H]2c3ccc(Br)cc3CCN2C(=O)OCc2ccccc2)c1. The summed E-state index contributed by atoms with van der Waals surface area (Å²) in [4.78, 5) is 27.9. The zero-order valence-electron chi connectivity index (χ0n) is 17.5. The van der Waals surface area contributed by atoms with Gasteiger partial charge in [-0.1, -0.05) is 64.5 Å². The van der Waals surface area contributed by atoms with E-state index in [0.717, 1.165) is 26.7 Å². The second-order valence-electron chi connectivity index (χ2n) is 7.62. The molecule has 0 aliphatic carbocycles. The summed E-state index contributed by atoms with van der Waals surface area (Å²) in [5.74, 6) is -0.292. The summed E-state index contributed by atoms with van der Waals surface area (Å²) in [6.45, 7) is 0.913. The number of fused-ring (bicyclic) bond motifs is 1. The minimum atomic E-state index is -0.795. The molecule has 0 saturated carbocycles. The number of amides is 2. The van der Waals surface area contributed by atoms with Crippen LogP contribution >= 0.6 is 15.9 Å². The number of nitrogens with one attached hydrogen (secondary N) is 1. The van der Waals surface area contributed by atoms with E-state index in [-0.39, 0.29) is 12.5 Å². The van der Waals surface area contributed by atoms with Gasteiger partial charge in [0, 0.05) is 23.2 Å². The van der Waals surface area contributed by atoms with Crippen LogP contribution < -0.4 is 11.1 Å². The van der Waals surface area contributed by atoms with Crippen molar-refractivity contribution in [2.75, 3.05) is 11.9 Å². The molecule has 2 amide bonds. The van der Waals surface area contributed by atoms with Crippen molar-refractivity contribution in [3.05, 3.63) is 99.5 Å². The number of nitrogens with two attached hydrogens (primary N) is 1. The molecule has 0 bridgehead atoms. The highest BCUT2D eigenvalue weighted by molar-refractivity contribution is 9.10. The molecule has 1 aliphatic rings. The Morgan fingerprint density at radius 3 is 2.59 bits per heavy atom. The molecule has 0 fully saturated rings. The maximum Gasteiger partial charge on any atom is 0.411 e. The fourth-order valence-corrected chi connectivity index (χ4v) is 4.27. The standard InChI is InChI=1S/C25H24BrN3O3/c26-20-9-10-22-19(14-20)11-12-29(25(31)32-16-17-5-2-1-3-6-17)23(22)24(30)28-21-8-4-7-18(13-21)15-27/h1-10,13-14,23H,11-12,15-16,27H2,(H,28,30)/t23-/m1/s1. The fraction of sp³-hybridized carbons (Fsp3) is 0.200. The number of anilines is 1. The van der Waals surface area contributed by atoms with Gasteiger partial charge in [-0.2, -0.15) is 0 Å². The monoisotopic (exact) mass is 493 g/mol. The van der Waals surface area contributed by atoms with Gasteiger partial charge in [0.15, 0.2) is 0 Å². The number of hydrogen-bond donors (Lipinski definition) is 2. The Labute approximate surface area is 195 Å². The van der Waals surface area contributed by atoms with E-state index in [1.54, 1.807) is 6.07 Å². The zero-order valence-corrected chi connectivity index (χ0v) is 19.0. The molecular weight excluding hydrogens is 470 g/mol. The largest absolute Gasteiger partial charge is 0.445 e. The van der Waals surface area contributed by atoms with Crippen molar-refractivity contribution in [1.29, 1.82) is 0 Å². The van der Waals surface area contributed by atoms with Crippen molar-refractivity contribution >= 4 is 33.6 Å². The van der Waals surface area contributed by atoms with Crippen molar-refractivity contribution in [1.82, 2.24) is 4.90 Å². The quantitative estimate of drug-likeness (QED) is 0.535. The lowest BCUT2D eigenvalue weighted by Gasteiger charge is -2.35. The van der Waals surface area contributed by atoms with Gasteiger partial charge in [0.05, 0.1) is 0 Å². The molecule has 1 heterocycles. The summed E-state index contributed by atoms with van der Waals surface area (Å²) in [5, 5.41) is 2.94. The third-order valence-corrected chi connectivity index (χ3v) is 5.94. The van der Waals surface area contributed by atoms with Crippen LogP contribution in [0.1, 0.15) is 28.3 Å². The van der Waals surface area contributed by atoms with Gasteiger partial charge in [0.1, 0.15) is 12.6 Å². The van der Waals surface area contributed by atoms with Crippen LogP contribution in [0.4, 0.5) is 10.5 Å². The third kappa shape index (κ3) is 5.00. The molecule has 32 heavy (non-hydrogen) atoms. The number of halogens is 1. The van der Waals surface area contributed by atoms with E-state index in [1.807, 2.05) is 66.7 Å². The maximum absolute atomic E-state index is 13.4. The van der Waals surface area contributed by atoms with Crippen LogP contribution in [-0.4, -0.2) is 23.4 Å². The first kappa shape index (κ1) is 22.0. The minimum absolute atomic E-state index is 0.149. The van der Waals surface area contributed by atoms with E-state index in [1.165, 1.54) is 4.90 Å². The fourth-order valence-electron chi connectivity index (χ4n) is 3.86. The van der Waals surface area contributed by atoms with Gasteiger partial charge in [0.2, 0.25) is 0 Å². The molecule has 1 aliphatic heterocycles. The maximum atomic E-state index is 13.4. The molecular formula is C25H24BrN3O3. The molecule has 3 aromatic rings. The minimum Gasteiger partial charge on any atom is -0.445 e. The van der Waals surface area contributed by atoms with Gasteiger partial charge in [-0.15, -0.1) is 0 Å². The molecule has 1 atom stereocenters.